The van der Waals surface area contributed by atoms with E-state index in [-0.39, 0.29) is 24.4 Å². The Labute approximate surface area is 164 Å². The predicted octanol–water partition coefficient (Wildman–Crippen LogP) is 4.35. The van der Waals surface area contributed by atoms with Gasteiger partial charge in [0.15, 0.2) is 0 Å². The number of aliphatic hydroxyl groups is 1. The van der Waals surface area contributed by atoms with Crippen molar-refractivity contribution in [3.63, 3.8) is 0 Å². The van der Waals surface area contributed by atoms with Crippen LogP contribution in [0.5, 0.6) is 5.75 Å². The molecule has 1 aromatic carbocycles. The highest BCUT2D eigenvalue weighted by Crippen LogP contribution is 2.49. The predicted molar refractivity (Wildman–Crippen MR) is 104 cm³/mol. The minimum absolute atomic E-state index is 0.0484. The maximum Gasteiger partial charge on any atom is 0.425 e. The molecule has 0 radical (unpaired) electrons. The number of benzene rings is 1. The standard InChI is InChI=1S/C20H29F3N2O3/c1-7-25(4)13-24-17-12-18(28-6)16(11-14(17)2)19(26,20(21,22)23)15(3)9-8-10-27-5/h11-13,26H,3,7-10H2,1-2,4-6H3/b24-13+. The maximum absolute atomic E-state index is 14.0. The third kappa shape index (κ3) is 5.26. The van der Waals surface area contributed by atoms with Crippen LogP contribution >= 0.6 is 0 Å². The molecule has 158 valence electrons. The molecule has 1 aromatic rings. The first-order valence-corrected chi connectivity index (χ1v) is 8.92. The molecule has 5 nitrogen and oxygen atoms in total. The molecular weight excluding hydrogens is 373 g/mol. The molecule has 1 unspecified atom stereocenters. The summed E-state index contributed by atoms with van der Waals surface area (Å²) in [4.78, 5) is 6.12. The Bertz CT molecular complexity index is 705. The zero-order chi connectivity index (χ0) is 21.5. The number of halogens is 3. The van der Waals surface area contributed by atoms with E-state index in [9.17, 15) is 18.3 Å². The maximum atomic E-state index is 14.0. The zero-order valence-corrected chi connectivity index (χ0v) is 17.1. The van der Waals surface area contributed by atoms with Crippen molar-refractivity contribution < 1.29 is 27.8 Å². The van der Waals surface area contributed by atoms with E-state index < -0.39 is 17.3 Å². The van der Waals surface area contributed by atoms with Gasteiger partial charge in [0.05, 0.1) is 19.1 Å². The summed E-state index contributed by atoms with van der Waals surface area (Å²) in [6.45, 7) is 8.09. The Morgan fingerprint density at radius 3 is 2.46 bits per heavy atom. The lowest BCUT2D eigenvalue weighted by Crippen LogP contribution is -2.44. The van der Waals surface area contributed by atoms with Crippen molar-refractivity contribution in [2.75, 3.05) is 34.4 Å². The second-order valence-electron chi connectivity index (χ2n) is 6.56. The lowest BCUT2D eigenvalue weighted by molar-refractivity contribution is -0.251. The minimum atomic E-state index is -4.97. The number of methoxy groups -OCH3 is 2. The average Bonchev–Trinajstić information content (AvgIpc) is 2.64. The summed E-state index contributed by atoms with van der Waals surface area (Å²) in [6, 6.07) is 2.65. The fraction of sp³-hybridized carbons (Fsp3) is 0.550. The van der Waals surface area contributed by atoms with E-state index in [1.54, 1.807) is 13.3 Å². The summed E-state index contributed by atoms with van der Waals surface area (Å²) < 4.78 is 52.0. The van der Waals surface area contributed by atoms with Gasteiger partial charge in [-0.05, 0) is 43.9 Å². The molecule has 1 atom stereocenters. The van der Waals surface area contributed by atoms with Crippen LogP contribution in [0.15, 0.2) is 29.3 Å². The van der Waals surface area contributed by atoms with Crippen LogP contribution < -0.4 is 4.74 Å². The molecule has 1 rings (SSSR count). The molecule has 0 aliphatic heterocycles. The number of aliphatic imine (C=N–C) groups is 1. The Hall–Kier alpha value is -2.06. The number of nitrogens with zero attached hydrogens (tertiary/aromatic N) is 2. The Morgan fingerprint density at radius 2 is 1.96 bits per heavy atom. The van der Waals surface area contributed by atoms with E-state index in [2.05, 4.69) is 11.6 Å². The summed E-state index contributed by atoms with van der Waals surface area (Å²) in [7, 11) is 4.54. The van der Waals surface area contributed by atoms with Crippen molar-refractivity contribution in [3.8, 4) is 5.75 Å². The first-order chi connectivity index (χ1) is 13.0. The first kappa shape index (κ1) is 24.0. The molecule has 8 heteroatoms. The van der Waals surface area contributed by atoms with Crippen LogP contribution in [0.2, 0.25) is 0 Å². The Kier molecular flexibility index (Phi) is 8.50. The molecule has 0 aliphatic carbocycles. The van der Waals surface area contributed by atoms with Gasteiger partial charge in [0, 0.05) is 38.9 Å². The fourth-order valence-corrected chi connectivity index (χ4v) is 2.66. The van der Waals surface area contributed by atoms with Gasteiger partial charge in [0.25, 0.3) is 0 Å². The molecular formula is C20H29F3N2O3. The smallest absolute Gasteiger partial charge is 0.425 e. The van der Waals surface area contributed by atoms with Crippen LogP contribution in [0.4, 0.5) is 18.9 Å². The molecule has 0 spiro atoms. The van der Waals surface area contributed by atoms with Gasteiger partial charge in [-0.3, -0.25) is 0 Å². The second-order valence-corrected chi connectivity index (χ2v) is 6.56. The van der Waals surface area contributed by atoms with E-state index in [0.717, 1.165) is 6.54 Å². The molecule has 0 fully saturated rings. The second kappa shape index (κ2) is 9.93. The number of alkyl halides is 3. The quantitative estimate of drug-likeness (QED) is 0.274. The summed E-state index contributed by atoms with van der Waals surface area (Å²) in [5, 5.41) is 10.8. The van der Waals surface area contributed by atoms with Crippen LogP contribution in [0, 0.1) is 6.92 Å². The van der Waals surface area contributed by atoms with Crippen molar-refractivity contribution in [1.82, 2.24) is 4.90 Å². The SMILES string of the molecule is C=C(CCCOC)C(O)(c1cc(C)c(/N=C/N(C)CC)cc1OC)C(F)(F)F. The molecule has 28 heavy (non-hydrogen) atoms. The van der Waals surface area contributed by atoms with Gasteiger partial charge < -0.3 is 19.5 Å². The van der Waals surface area contributed by atoms with Gasteiger partial charge in [0.1, 0.15) is 5.75 Å². The van der Waals surface area contributed by atoms with Crippen molar-refractivity contribution in [2.24, 2.45) is 4.99 Å². The van der Waals surface area contributed by atoms with E-state index in [1.165, 1.54) is 26.4 Å². The van der Waals surface area contributed by atoms with Crippen LogP contribution in [-0.2, 0) is 10.3 Å². The zero-order valence-electron chi connectivity index (χ0n) is 17.1. The third-order valence-electron chi connectivity index (χ3n) is 4.55. The highest BCUT2D eigenvalue weighted by Gasteiger charge is 2.58. The number of aryl methyl sites for hydroxylation is 1. The number of hydrogen-bond acceptors (Lipinski definition) is 4. The fourth-order valence-electron chi connectivity index (χ4n) is 2.66. The first-order valence-electron chi connectivity index (χ1n) is 8.92. The largest absolute Gasteiger partial charge is 0.496 e. The Balaban J connectivity index is 3.47. The summed E-state index contributed by atoms with van der Waals surface area (Å²) >= 11 is 0. The summed E-state index contributed by atoms with van der Waals surface area (Å²) in [6.07, 6.45) is -3.13. The van der Waals surface area contributed by atoms with Crippen LogP contribution in [0.1, 0.15) is 30.9 Å². The molecule has 0 saturated carbocycles. The number of rotatable bonds is 10. The Morgan fingerprint density at radius 1 is 1.32 bits per heavy atom. The molecule has 0 saturated heterocycles. The van der Waals surface area contributed by atoms with E-state index in [4.69, 9.17) is 9.47 Å². The van der Waals surface area contributed by atoms with Gasteiger partial charge in [0.2, 0.25) is 5.60 Å². The third-order valence-corrected chi connectivity index (χ3v) is 4.55. The van der Waals surface area contributed by atoms with E-state index in [1.807, 2.05) is 18.9 Å². The van der Waals surface area contributed by atoms with Crippen LogP contribution in [0.3, 0.4) is 0 Å². The monoisotopic (exact) mass is 402 g/mol. The topological polar surface area (TPSA) is 54.3 Å². The summed E-state index contributed by atoms with van der Waals surface area (Å²) in [5.41, 5.74) is -3.07. The van der Waals surface area contributed by atoms with Gasteiger partial charge in [-0.15, -0.1) is 0 Å². The lowest BCUT2D eigenvalue weighted by Gasteiger charge is -2.34. The normalized spacial score (nSPS) is 14.2. The van der Waals surface area contributed by atoms with E-state index >= 15 is 0 Å². The highest BCUT2D eigenvalue weighted by molar-refractivity contribution is 5.65. The molecule has 0 amide bonds. The summed E-state index contributed by atoms with van der Waals surface area (Å²) in [5.74, 6) is -0.107. The highest BCUT2D eigenvalue weighted by atomic mass is 19.4. The van der Waals surface area contributed by atoms with E-state index in [0.29, 0.717) is 17.7 Å². The molecule has 0 aliphatic rings. The van der Waals surface area contributed by atoms with Gasteiger partial charge in [-0.2, -0.15) is 13.2 Å². The van der Waals surface area contributed by atoms with Gasteiger partial charge in [-0.1, -0.05) is 6.58 Å². The van der Waals surface area contributed by atoms with Crippen molar-refractivity contribution in [3.05, 3.63) is 35.4 Å². The van der Waals surface area contributed by atoms with Crippen molar-refractivity contribution in [2.45, 2.75) is 38.5 Å². The average molecular weight is 402 g/mol. The van der Waals surface area contributed by atoms with Crippen molar-refractivity contribution in [1.29, 1.82) is 0 Å². The lowest BCUT2D eigenvalue weighted by atomic mass is 9.82. The van der Waals surface area contributed by atoms with Gasteiger partial charge in [-0.25, -0.2) is 4.99 Å². The molecule has 0 bridgehead atoms. The van der Waals surface area contributed by atoms with Crippen LogP contribution in [0.25, 0.3) is 0 Å². The van der Waals surface area contributed by atoms with Crippen molar-refractivity contribution >= 4 is 12.0 Å². The molecule has 0 heterocycles. The van der Waals surface area contributed by atoms with Gasteiger partial charge >= 0.3 is 6.18 Å². The van der Waals surface area contributed by atoms with Crippen LogP contribution in [-0.4, -0.2) is 56.9 Å². The molecule has 1 N–H and O–H groups in total. The minimum Gasteiger partial charge on any atom is -0.496 e. The number of hydrogen-bond donors (Lipinski definition) is 1. The number of ether oxygens (including phenoxy) is 2. The molecule has 0 aromatic heterocycles.